The summed E-state index contributed by atoms with van der Waals surface area (Å²) in [6.45, 7) is 9.29. The lowest BCUT2D eigenvalue weighted by Crippen LogP contribution is -2.26. The standard InChI is InChI=1S/C25H24F2N4O4.C2H6.CH5N/c1-5-7-8-17(6-2)31-25(34)21(15(3)30(31)4)24(33)29-19-9-10-20(23(27)22(19)26)35-18-11-12-28-16(13-18)14-32;2*1-2/h6-14H,5H2,1-4H3,(H,29,33);1-2H3;2H2,1H3/b8-7-,17-6+;;. The van der Waals surface area contributed by atoms with Crippen molar-refractivity contribution >= 4 is 23.6 Å². The van der Waals surface area contributed by atoms with Crippen LogP contribution in [-0.4, -0.2) is 33.6 Å². The van der Waals surface area contributed by atoms with Crippen molar-refractivity contribution in [3.05, 3.63) is 87.6 Å². The molecule has 0 aliphatic rings. The lowest BCUT2D eigenvalue weighted by Gasteiger charge is -2.11. The second kappa shape index (κ2) is 15.8. The van der Waals surface area contributed by atoms with Gasteiger partial charge in [-0.3, -0.25) is 24.0 Å². The van der Waals surface area contributed by atoms with Crippen LogP contribution in [0.3, 0.4) is 0 Å². The van der Waals surface area contributed by atoms with Crippen LogP contribution < -0.4 is 21.3 Å². The summed E-state index contributed by atoms with van der Waals surface area (Å²) in [5.41, 5.74) is 4.21. The Morgan fingerprint density at radius 1 is 1.18 bits per heavy atom. The van der Waals surface area contributed by atoms with Crippen LogP contribution in [0.25, 0.3) is 5.70 Å². The predicted octanol–water partition coefficient (Wildman–Crippen LogP) is 5.45. The Morgan fingerprint density at radius 3 is 2.44 bits per heavy atom. The van der Waals surface area contributed by atoms with Crippen molar-refractivity contribution in [3.8, 4) is 11.5 Å². The molecular formula is C28H35F2N5O4. The Morgan fingerprint density at radius 2 is 1.85 bits per heavy atom. The molecule has 0 radical (unpaired) electrons. The molecule has 0 bridgehead atoms. The number of aldehydes is 1. The Bertz CT molecular complexity index is 1410. The second-order valence-electron chi connectivity index (χ2n) is 7.45. The zero-order valence-electron chi connectivity index (χ0n) is 23.2. The van der Waals surface area contributed by atoms with Gasteiger partial charge in [0.25, 0.3) is 11.5 Å². The highest BCUT2D eigenvalue weighted by atomic mass is 19.2. The smallest absolute Gasteiger partial charge is 0.284 e. The number of allylic oxidation sites excluding steroid dienone is 4. The molecule has 210 valence electrons. The number of halogens is 2. The third-order valence-electron chi connectivity index (χ3n) is 5.24. The minimum atomic E-state index is -1.37. The molecule has 3 aromatic rings. The van der Waals surface area contributed by atoms with Gasteiger partial charge in [-0.2, -0.15) is 4.39 Å². The zero-order valence-corrected chi connectivity index (χ0v) is 23.2. The maximum Gasteiger partial charge on any atom is 0.284 e. The summed E-state index contributed by atoms with van der Waals surface area (Å²) >= 11 is 0. The maximum absolute atomic E-state index is 14.7. The Kier molecular flexibility index (Phi) is 13.2. The van der Waals surface area contributed by atoms with Crippen molar-refractivity contribution in [1.29, 1.82) is 0 Å². The lowest BCUT2D eigenvalue weighted by atomic mass is 10.2. The molecule has 2 heterocycles. The van der Waals surface area contributed by atoms with E-state index in [1.807, 2.05) is 26.8 Å². The third-order valence-corrected chi connectivity index (χ3v) is 5.24. The second-order valence-corrected chi connectivity index (χ2v) is 7.45. The average Bonchev–Trinajstić information content (AvgIpc) is 3.18. The number of hydrogen-bond acceptors (Lipinski definition) is 6. The molecule has 1 aromatic carbocycles. The average molecular weight is 544 g/mol. The van der Waals surface area contributed by atoms with Gasteiger partial charge in [-0.05, 0) is 51.6 Å². The van der Waals surface area contributed by atoms with E-state index < -0.39 is 34.5 Å². The quantitative estimate of drug-likeness (QED) is 0.288. The van der Waals surface area contributed by atoms with Gasteiger partial charge in [0.15, 0.2) is 17.9 Å². The highest BCUT2D eigenvalue weighted by molar-refractivity contribution is 6.05. The van der Waals surface area contributed by atoms with Gasteiger partial charge in [0, 0.05) is 19.3 Å². The number of ether oxygens (including phenoxy) is 1. The molecule has 3 rings (SSSR count). The molecule has 2 aromatic heterocycles. The van der Waals surface area contributed by atoms with Crippen LogP contribution in [0, 0.1) is 18.6 Å². The molecule has 39 heavy (non-hydrogen) atoms. The SMILES string of the molecule is C/C=C(\C=C/CC)n1c(=O)c(C(=O)Nc2ccc(Oc3ccnc(C=O)c3)c(F)c2F)c(C)n1C.CC.CN. The van der Waals surface area contributed by atoms with Crippen LogP contribution in [0.1, 0.15) is 60.7 Å². The van der Waals surface area contributed by atoms with Gasteiger partial charge in [-0.1, -0.05) is 32.9 Å². The van der Waals surface area contributed by atoms with Crippen molar-refractivity contribution < 1.29 is 23.1 Å². The summed E-state index contributed by atoms with van der Waals surface area (Å²) in [7, 11) is 3.12. The minimum absolute atomic E-state index is 0.0578. The van der Waals surface area contributed by atoms with Crippen molar-refractivity contribution in [3.63, 3.8) is 0 Å². The molecule has 0 aliphatic heterocycles. The lowest BCUT2D eigenvalue weighted by molar-refractivity contribution is 0.102. The zero-order chi connectivity index (χ0) is 29.7. The summed E-state index contributed by atoms with van der Waals surface area (Å²) < 4.78 is 37.6. The first-order valence-electron chi connectivity index (χ1n) is 12.3. The Labute approximate surface area is 226 Å². The topological polar surface area (TPSA) is 121 Å². The number of carbonyl (C=O) groups excluding carboxylic acids is 2. The van der Waals surface area contributed by atoms with Gasteiger partial charge in [0.1, 0.15) is 17.0 Å². The molecular weight excluding hydrogens is 508 g/mol. The minimum Gasteiger partial charge on any atom is -0.454 e. The summed E-state index contributed by atoms with van der Waals surface area (Å²) in [6, 6.07) is 4.88. The molecule has 11 heteroatoms. The van der Waals surface area contributed by atoms with E-state index in [0.29, 0.717) is 17.7 Å². The molecule has 1 amide bonds. The van der Waals surface area contributed by atoms with Gasteiger partial charge in [0.2, 0.25) is 5.82 Å². The van der Waals surface area contributed by atoms with Gasteiger partial charge < -0.3 is 15.8 Å². The number of rotatable bonds is 8. The number of hydrogen-bond donors (Lipinski definition) is 2. The number of benzene rings is 1. The van der Waals surface area contributed by atoms with Crippen LogP contribution in [-0.2, 0) is 7.05 Å². The summed E-state index contributed by atoms with van der Waals surface area (Å²) in [6.07, 6.45) is 7.89. The molecule has 0 saturated carbocycles. The largest absolute Gasteiger partial charge is 0.454 e. The molecule has 0 spiro atoms. The van der Waals surface area contributed by atoms with E-state index >= 15 is 0 Å². The van der Waals surface area contributed by atoms with E-state index in [1.165, 1.54) is 34.7 Å². The molecule has 0 aliphatic carbocycles. The van der Waals surface area contributed by atoms with Crippen molar-refractivity contribution in [2.45, 2.75) is 41.0 Å². The van der Waals surface area contributed by atoms with Crippen LogP contribution in [0.15, 0.2) is 53.5 Å². The first-order valence-corrected chi connectivity index (χ1v) is 12.3. The van der Waals surface area contributed by atoms with Crippen LogP contribution in [0.4, 0.5) is 14.5 Å². The Hall–Kier alpha value is -4.38. The number of nitrogens with zero attached hydrogens (tertiary/aromatic N) is 3. The summed E-state index contributed by atoms with van der Waals surface area (Å²) in [5, 5.41) is 2.27. The molecule has 9 nitrogen and oxygen atoms in total. The van der Waals surface area contributed by atoms with E-state index in [-0.39, 0.29) is 17.0 Å². The molecule has 0 unspecified atom stereocenters. The van der Waals surface area contributed by atoms with E-state index in [9.17, 15) is 23.2 Å². The van der Waals surface area contributed by atoms with Crippen LogP contribution >= 0.6 is 0 Å². The molecule has 0 atom stereocenters. The maximum atomic E-state index is 14.7. The number of aromatic nitrogens is 3. The fourth-order valence-electron chi connectivity index (χ4n) is 3.36. The molecule has 0 fully saturated rings. The van der Waals surface area contributed by atoms with Crippen molar-refractivity contribution in [2.75, 3.05) is 12.4 Å². The number of amides is 1. The highest BCUT2D eigenvalue weighted by Crippen LogP contribution is 2.30. The third kappa shape index (κ3) is 7.57. The fraction of sp³-hybridized carbons (Fsp3) is 0.286. The number of nitrogens with two attached hydrogens (primary N) is 1. The number of pyridine rings is 1. The summed E-state index contributed by atoms with van der Waals surface area (Å²) in [5.74, 6) is -3.98. The highest BCUT2D eigenvalue weighted by Gasteiger charge is 2.24. The monoisotopic (exact) mass is 543 g/mol. The fourth-order valence-corrected chi connectivity index (χ4v) is 3.36. The normalized spacial score (nSPS) is 10.8. The predicted molar refractivity (Wildman–Crippen MR) is 149 cm³/mol. The van der Waals surface area contributed by atoms with Gasteiger partial charge in [-0.15, -0.1) is 0 Å². The van der Waals surface area contributed by atoms with Crippen molar-refractivity contribution in [2.24, 2.45) is 12.8 Å². The van der Waals surface area contributed by atoms with E-state index in [2.05, 4.69) is 16.0 Å². The van der Waals surface area contributed by atoms with Gasteiger partial charge in [0.05, 0.1) is 17.1 Å². The Balaban J connectivity index is 0.00000181. The first kappa shape index (κ1) is 32.6. The molecule has 3 N–H and O–H groups in total. The first-order chi connectivity index (χ1) is 18.7. The van der Waals surface area contributed by atoms with Crippen LogP contribution in [0.5, 0.6) is 11.5 Å². The van der Waals surface area contributed by atoms with Gasteiger partial charge in [-0.25, -0.2) is 9.07 Å². The van der Waals surface area contributed by atoms with Crippen LogP contribution in [0.2, 0.25) is 0 Å². The van der Waals surface area contributed by atoms with E-state index in [1.54, 1.807) is 33.0 Å². The van der Waals surface area contributed by atoms with Crippen molar-refractivity contribution in [1.82, 2.24) is 14.3 Å². The van der Waals surface area contributed by atoms with Gasteiger partial charge >= 0.3 is 0 Å². The molecule has 0 saturated heterocycles. The summed E-state index contributed by atoms with van der Waals surface area (Å²) in [4.78, 5) is 40.6. The van der Waals surface area contributed by atoms with E-state index in [4.69, 9.17) is 4.74 Å². The number of anilines is 1. The number of nitrogens with one attached hydrogen (secondary N) is 1. The number of carbonyl (C=O) groups is 2. The van der Waals surface area contributed by atoms with E-state index in [0.717, 1.165) is 18.6 Å².